The summed E-state index contributed by atoms with van der Waals surface area (Å²) in [4.78, 5) is 40.4. The Balaban J connectivity index is 1.62. The molecule has 0 spiro atoms. The molecule has 1 aliphatic heterocycles. The van der Waals surface area contributed by atoms with Crippen molar-refractivity contribution in [2.75, 3.05) is 4.90 Å². The van der Waals surface area contributed by atoms with Crippen LogP contribution in [0.4, 0.5) is 24.5 Å². The SMILES string of the molecule is O=C(NC1CCCCC1)C(c1ccccc1[N+](=O)[O-])N(C(=O)C1CCc2cc(F)ccc2O1)c1ccc(F)cc1F. The second-order valence-corrected chi connectivity index (χ2v) is 10.3. The van der Waals surface area contributed by atoms with Gasteiger partial charge in [0.05, 0.1) is 16.2 Å². The average Bonchev–Trinajstić information content (AvgIpc) is 2.96. The lowest BCUT2D eigenvalue weighted by Crippen LogP contribution is -2.51. The number of hydrogen-bond donors (Lipinski definition) is 1. The van der Waals surface area contributed by atoms with Gasteiger partial charge in [0.15, 0.2) is 6.10 Å². The number of nitrogens with zero attached hydrogens (tertiary/aromatic N) is 2. The fraction of sp³-hybridized carbons (Fsp3) is 0.333. The number of amides is 2. The van der Waals surface area contributed by atoms with Gasteiger partial charge in [0.1, 0.15) is 29.2 Å². The van der Waals surface area contributed by atoms with E-state index in [1.807, 2.05) is 0 Å². The van der Waals surface area contributed by atoms with E-state index in [-0.39, 0.29) is 30.2 Å². The second kappa shape index (κ2) is 12.0. The minimum Gasteiger partial charge on any atom is -0.480 e. The lowest BCUT2D eigenvalue weighted by molar-refractivity contribution is -0.385. The van der Waals surface area contributed by atoms with Crippen LogP contribution in [0.15, 0.2) is 60.7 Å². The van der Waals surface area contributed by atoms with E-state index in [1.54, 1.807) is 0 Å². The quantitative estimate of drug-likeness (QED) is 0.282. The lowest BCUT2D eigenvalue weighted by Gasteiger charge is -2.36. The maximum Gasteiger partial charge on any atom is 0.275 e. The Morgan fingerprint density at radius 2 is 1.66 bits per heavy atom. The molecule has 1 saturated carbocycles. The number of hydrogen-bond acceptors (Lipinski definition) is 5. The van der Waals surface area contributed by atoms with Gasteiger partial charge >= 0.3 is 0 Å². The van der Waals surface area contributed by atoms with Crippen molar-refractivity contribution in [3.8, 4) is 5.75 Å². The molecule has 3 aromatic rings. The third-order valence-electron chi connectivity index (χ3n) is 7.54. The van der Waals surface area contributed by atoms with Crippen LogP contribution in [-0.2, 0) is 16.0 Å². The van der Waals surface area contributed by atoms with E-state index in [0.717, 1.165) is 36.3 Å². The summed E-state index contributed by atoms with van der Waals surface area (Å²) in [6.45, 7) is 0. The molecule has 2 aliphatic rings. The molecular formula is C30H28F3N3O5. The molecule has 214 valence electrons. The minimum absolute atomic E-state index is 0.0719. The molecule has 0 saturated heterocycles. The van der Waals surface area contributed by atoms with Crippen molar-refractivity contribution in [1.82, 2.24) is 5.32 Å². The number of aryl methyl sites for hydroxylation is 1. The number of fused-ring (bicyclic) bond motifs is 1. The zero-order valence-electron chi connectivity index (χ0n) is 22.0. The number of anilines is 1. The molecule has 1 fully saturated rings. The first-order valence-electron chi connectivity index (χ1n) is 13.5. The van der Waals surface area contributed by atoms with Gasteiger partial charge in [0, 0.05) is 18.2 Å². The fourth-order valence-electron chi connectivity index (χ4n) is 5.56. The first-order valence-corrected chi connectivity index (χ1v) is 13.5. The van der Waals surface area contributed by atoms with Crippen LogP contribution < -0.4 is 15.0 Å². The number of carbonyl (C=O) groups excluding carboxylic acids is 2. The molecule has 0 aromatic heterocycles. The maximum absolute atomic E-state index is 15.4. The normalized spacial score (nSPS) is 17.6. The van der Waals surface area contributed by atoms with Crippen molar-refractivity contribution in [3.63, 3.8) is 0 Å². The predicted octanol–water partition coefficient (Wildman–Crippen LogP) is 5.93. The van der Waals surface area contributed by atoms with Crippen LogP contribution in [0.3, 0.4) is 0 Å². The van der Waals surface area contributed by atoms with Crippen LogP contribution in [-0.4, -0.2) is 28.9 Å². The number of nitro groups is 1. The molecule has 8 nitrogen and oxygen atoms in total. The van der Waals surface area contributed by atoms with Gasteiger partial charge in [0.25, 0.3) is 11.6 Å². The number of halogens is 3. The number of rotatable bonds is 7. The van der Waals surface area contributed by atoms with Crippen molar-refractivity contribution in [1.29, 1.82) is 0 Å². The Kier molecular flexibility index (Phi) is 8.23. The van der Waals surface area contributed by atoms with E-state index in [1.165, 1.54) is 42.5 Å². The largest absolute Gasteiger partial charge is 0.480 e. The first-order chi connectivity index (χ1) is 19.7. The van der Waals surface area contributed by atoms with Gasteiger partial charge < -0.3 is 10.1 Å². The van der Waals surface area contributed by atoms with Crippen LogP contribution in [0.25, 0.3) is 0 Å². The van der Waals surface area contributed by atoms with E-state index >= 15 is 4.39 Å². The Morgan fingerprint density at radius 3 is 2.39 bits per heavy atom. The first kappa shape index (κ1) is 28.1. The Morgan fingerprint density at radius 1 is 0.951 bits per heavy atom. The van der Waals surface area contributed by atoms with Gasteiger partial charge in [-0.25, -0.2) is 13.2 Å². The van der Waals surface area contributed by atoms with Crippen LogP contribution >= 0.6 is 0 Å². The van der Waals surface area contributed by atoms with Crippen molar-refractivity contribution in [3.05, 3.63) is 99.4 Å². The summed E-state index contributed by atoms with van der Waals surface area (Å²) < 4.78 is 49.0. The maximum atomic E-state index is 15.4. The van der Waals surface area contributed by atoms with Crippen LogP contribution in [0.5, 0.6) is 5.75 Å². The molecular weight excluding hydrogens is 539 g/mol. The number of para-hydroxylation sites is 1. The Bertz CT molecular complexity index is 1480. The van der Waals surface area contributed by atoms with E-state index in [2.05, 4.69) is 5.32 Å². The Hall–Kier alpha value is -4.41. The van der Waals surface area contributed by atoms with Gasteiger partial charge in [0.2, 0.25) is 5.91 Å². The number of nitro benzene ring substituents is 1. The van der Waals surface area contributed by atoms with Crippen molar-refractivity contribution < 1.29 is 32.4 Å². The molecule has 2 unspecified atom stereocenters. The van der Waals surface area contributed by atoms with Gasteiger partial charge in [-0.05, 0) is 67.6 Å². The predicted molar refractivity (Wildman–Crippen MR) is 144 cm³/mol. The van der Waals surface area contributed by atoms with Gasteiger partial charge in [-0.3, -0.25) is 24.6 Å². The molecule has 1 heterocycles. The van der Waals surface area contributed by atoms with Crippen LogP contribution in [0.1, 0.15) is 55.7 Å². The average molecular weight is 568 g/mol. The highest BCUT2D eigenvalue weighted by molar-refractivity contribution is 6.04. The summed E-state index contributed by atoms with van der Waals surface area (Å²) >= 11 is 0. The molecule has 0 radical (unpaired) electrons. The molecule has 5 rings (SSSR count). The smallest absolute Gasteiger partial charge is 0.275 e. The topological polar surface area (TPSA) is 102 Å². The zero-order valence-corrected chi connectivity index (χ0v) is 22.0. The molecule has 1 N–H and O–H groups in total. The molecule has 2 atom stereocenters. The number of benzene rings is 3. The van der Waals surface area contributed by atoms with E-state index in [9.17, 15) is 28.5 Å². The Labute approximate surface area is 234 Å². The van der Waals surface area contributed by atoms with Gasteiger partial charge in [-0.1, -0.05) is 31.4 Å². The molecule has 1 aliphatic carbocycles. The molecule has 3 aromatic carbocycles. The van der Waals surface area contributed by atoms with Crippen molar-refractivity contribution in [2.45, 2.75) is 63.1 Å². The van der Waals surface area contributed by atoms with E-state index < -0.39 is 57.7 Å². The fourth-order valence-corrected chi connectivity index (χ4v) is 5.56. The third-order valence-corrected chi connectivity index (χ3v) is 7.54. The lowest BCUT2D eigenvalue weighted by atomic mass is 9.94. The van der Waals surface area contributed by atoms with Crippen LogP contribution in [0, 0.1) is 27.6 Å². The summed E-state index contributed by atoms with van der Waals surface area (Å²) in [5, 5.41) is 14.9. The highest BCUT2D eigenvalue weighted by atomic mass is 19.1. The summed E-state index contributed by atoms with van der Waals surface area (Å²) in [6, 6.07) is 9.90. The number of ether oxygens (including phenoxy) is 1. The van der Waals surface area contributed by atoms with Gasteiger partial charge in [-0.2, -0.15) is 0 Å². The highest BCUT2D eigenvalue weighted by Gasteiger charge is 2.42. The van der Waals surface area contributed by atoms with Crippen molar-refractivity contribution >= 4 is 23.2 Å². The molecule has 2 amide bonds. The van der Waals surface area contributed by atoms with Gasteiger partial charge in [-0.15, -0.1) is 0 Å². The number of nitrogens with one attached hydrogen (secondary N) is 1. The standard InChI is InChI=1S/C30H28F3N3O5/c31-19-12-15-26-18(16-19)10-14-27(41-26)30(38)35(25-13-11-20(32)17-23(25)33)28(22-8-4-5-9-24(22)36(39)40)29(37)34-21-6-2-1-3-7-21/h4-5,8-9,11-13,15-17,21,27-28H,1-3,6-7,10,14H2,(H,34,37). The summed E-state index contributed by atoms with van der Waals surface area (Å²) in [6.07, 6.45) is 3.25. The van der Waals surface area contributed by atoms with E-state index in [0.29, 0.717) is 24.5 Å². The molecule has 0 bridgehead atoms. The monoisotopic (exact) mass is 567 g/mol. The van der Waals surface area contributed by atoms with Crippen LogP contribution in [0.2, 0.25) is 0 Å². The van der Waals surface area contributed by atoms with E-state index in [4.69, 9.17) is 4.74 Å². The third kappa shape index (κ3) is 6.03. The molecule has 41 heavy (non-hydrogen) atoms. The molecule has 11 heteroatoms. The zero-order chi connectivity index (χ0) is 29.1. The summed E-state index contributed by atoms with van der Waals surface area (Å²) in [5.74, 6) is -3.84. The number of carbonyl (C=O) groups is 2. The minimum atomic E-state index is -1.68. The van der Waals surface area contributed by atoms with Crippen molar-refractivity contribution in [2.24, 2.45) is 0 Å². The summed E-state index contributed by atoms with van der Waals surface area (Å²) in [7, 11) is 0. The second-order valence-electron chi connectivity index (χ2n) is 10.3. The highest BCUT2D eigenvalue weighted by Crippen LogP contribution is 2.37. The summed E-state index contributed by atoms with van der Waals surface area (Å²) in [5.41, 5.74) is -0.478.